The molecule has 37 heavy (non-hydrogen) atoms. The third-order valence-corrected chi connectivity index (χ3v) is 9.15. The zero-order valence-electron chi connectivity index (χ0n) is 21.8. The number of nitrogens with zero attached hydrogens (tertiary/aromatic N) is 3. The molecule has 0 N–H and O–H groups in total. The molecule has 1 aliphatic heterocycles. The molecule has 2 aromatic carbocycles. The highest BCUT2D eigenvalue weighted by Gasteiger charge is 2.39. The highest BCUT2D eigenvalue weighted by Crippen LogP contribution is 2.35. The Morgan fingerprint density at radius 1 is 1.19 bits per heavy atom. The first-order valence-corrected chi connectivity index (χ1v) is 14.6. The first kappa shape index (κ1) is 29.6. The van der Waals surface area contributed by atoms with Gasteiger partial charge in [0.15, 0.2) is 11.6 Å². The standard InChI is InChI=1S/C26H34Cl2FN3O4S/c1-18-16-31(12-13-32(18)37(5,34)35)11-10-26(2,20-7-8-21(27)22(28)15-20)25(33)30(3)17-19-6-9-24(36-4)23(29)14-19/h6-9,14-15,18H,10-13,16-17H2,1-5H3/t18-,26?/m1/s1. The number of ether oxygens (including phenoxy) is 1. The number of benzene rings is 2. The minimum atomic E-state index is -3.27. The van der Waals surface area contributed by atoms with Crippen molar-refractivity contribution in [3.8, 4) is 5.75 Å². The number of hydrogen-bond donors (Lipinski definition) is 0. The molecule has 0 aromatic heterocycles. The van der Waals surface area contributed by atoms with Crippen LogP contribution in [0.3, 0.4) is 0 Å². The quantitative estimate of drug-likeness (QED) is 0.444. The van der Waals surface area contributed by atoms with Gasteiger partial charge in [-0.05, 0) is 62.2 Å². The van der Waals surface area contributed by atoms with Crippen LogP contribution in [0.15, 0.2) is 36.4 Å². The van der Waals surface area contributed by atoms with E-state index < -0.39 is 21.3 Å². The highest BCUT2D eigenvalue weighted by atomic mass is 35.5. The molecule has 1 amide bonds. The number of carbonyl (C=O) groups excluding carboxylic acids is 1. The molecule has 1 saturated heterocycles. The summed E-state index contributed by atoms with van der Waals surface area (Å²) in [5.74, 6) is -0.496. The van der Waals surface area contributed by atoms with Gasteiger partial charge in [-0.1, -0.05) is 35.3 Å². The number of halogens is 3. The SMILES string of the molecule is COc1ccc(CN(C)C(=O)C(C)(CCN2CCN(S(C)(=O)=O)[C@H](C)C2)c2ccc(Cl)c(Cl)c2)cc1F. The molecule has 1 aliphatic rings. The van der Waals surface area contributed by atoms with Crippen LogP contribution in [0.4, 0.5) is 4.39 Å². The molecule has 1 heterocycles. The maximum Gasteiger partial charge on any atom is 0.233 e. The number of likely N-dealkylation sites (N-methyl/N-ethyl adjacent to an activating group) is 1. The Morgan fingerprint density at radius 2 is 1.89 bits per heavy atom. The van der Waals surface area contributed by atoms with Gasteiger partial charge in [0.05, 0.1) is 28.8 Å². The Labute approximate surface area is 229 Å². The van der Waals surface area contributed by atoms with Crippen molar-refractivity contribution in [3.63, 3.8) is 0 Å². The minimum Gasteiger partial charge on any atom is -0.494 e. The second kappa shape index (κ2) is 11.9. The van der Waals surface area contributed by atoms with E-state index in [1.807, 2.05) is 13.8 Å². The van der Waals surface area contributed by atoms with Crippen molar-refractivity contribution >= 4 is 39.1 Å². The first-order valence-electron chi connectivity index (χ1n) is 12.0. The number of hydrogen-bond acceptors (Lipinski definition) is 5. The van der Waals surface area contributed by atoms with Crippen LogP contribution < -0.4 is 4.74 Å². The van der Waals surface area contributed by atoms with E-state index in [0.29, 0.717) is 48.2 Å². The van der Waals surface area contributed by atoms with Gasteiger partial charge in [-0.15, -0.1) is 0 Å². The Bertz CT molecular complexity index is 1250. The summed E-state index contributed by atoms with van der Waals surface area (Å²) in [4.78, 5) is 17.7. The van der Waals surface area contributed by atoms with Crippen LogP contribution in [-0.2, 0) is 26.8 Å². The van der Waals surface area contributed by atoms with Gasteiger partial charge in [0.1, 0.15) is 0 Å². The van der Waals surface area contributed by atoms with Crippen molar-refractivity contribution in [2.45, 2.75) is 38.3 Å². The molecular weight excluding hydrogens is 540 g/mol. The molecule has 204 valence electrons. The van der Waals surface area contributed by atoms with Crippen LogP contribution >= 0.6 is 23.2 Å². The molecule has 7 nitrogen and oxygen atoms in total. The Hall–Kier alpha value is -1.91. The summed E-state index contributed by atoms with van der Waals surface area (Å²) in [6.07, 6.45) is 1.69. The molecule has 1 fully saturated rings. The van der Waals surface area contributed by atoms with Crippen LogP contribution in [0.25, 0.3) is 0 Å². The third-order valence-electron chi connectivity index (χ3n) is 7.02. The summed E-state index contributed by atoms with van der Waals surface area (Å²) in [7, 11) is -0.183. The summed E-state index contributed by atoms with van der Waals surface area (Å²) in [6, 6.07) is 9.66. The number of rotatable bonds is 9. The van der Waals surface area contributed by atoms with Crippen LogP contribution in [0.1, 0.15) is 31.4 Å². The van der Waals surface area contributed by atoms with E-state index in [9.17, 15) is 17.6 Å². The summed E-state index contributed by atoms with van der Waals surface area (Å²) in [5, 5.41) is 0.751. The van der Waals surface area contributed by atoms with E-state index in [0.717, 1.165) is 5.56 Å². The summed E-state index contributed by atoms with van der Waals surface area (Å²) < 4.78 is 44.8. The fraction of sp³-hybridized carbons (Fsp3) is 0.500. The number of piperazine rings is 1. The Balaban J connectivity index is 1.82. The maximum absolute atomic E-state index is 14.2. The minimum absolute atomic E-state index is 0.142. The lowest BCUT2D eigenvalue weighted by Crippen LogP contribution is -2.54. The average molecular weight is 575 g/mol. The van der Waals surface area contributed by atoms with E-state index in [4.69, 9.17) is 27.9 Å². The van der Waals surface area contributed by atoms with Gasteiger partial charge in [0.25, 0.3) is 0 Å². The topological polar surface area (TPSA) is 70.2 Å². The van der Waals surface area contributed by atoms with Crippen molar-refractivity contribution < 1.29 is 22.3 Å². The summed E-state index contributed by atoms with van der Waals surface area (Å²) in [6.45, 7) is 6.09. The lowest BCUT2D eigenvalue weighted by atomic mass is 9.77. The van der Waals surface area contributed by atoms with Gasteiger partial charge in [-0.2, -0.15) is 4.31 Å². The molecule has 11 heteroatoms. The zero-order valence-corrected chi connectivity index (χ0v) is 24.1. The first-order chi connectivity index (χ1) is 17.3. The molecule has 2 atom stereocenters. The van der Waals surface area contributed by atoms with Crippen LogP contribution in [0.5, 0.6) is 5.75 Å². The van der Waals surface area contributed by atoms with Crippen LogP contribution in [0, 0.1) is 5.82 Å². The molecule has 0 radical (unpaired) electrons. The van der Waals surface area contributed by atoms with Crippen molar-refractivity contribution in [2.75, 3.05) is 46.6 Å². The van der Waals surface area contributed by atoms with E-state index in [-0.39, 0.29) is 24.2 Å². The number of methoxy groups -OCH3 is 1. The third kappa shape index (κ3) is 6.95. The molecule has 0 spiro atoms. The molecular formula is C26H34Cl2FN3O4S. The normalized spacial score (nSPS) is 18.9. The van der Waals surface area contributed by atoms with Crippen molar-refractivity contribution in [2.24, 2.45) is 0 Å². The largest absolute Gasteiger partial charge is 0.494 e. The summed E-state index contributed by atoms with van der Waals surface area (Å²) >= 11 is 12.5. The van der Waals surface area contributed by atoms with Crippen LogP contribution in [-0.4, -0.2) is 81.1 Å². The average Bonchev–Trinajstić information content (AvgIpc) is 2.83. The number of amides is 1. The van der Waals surface area contributed by atoms with Crippen molar-refractivity contribution in [1.82, 2.24) is 14.1 Å². The van der Waals surface area contributed by atoms with Crippen molar-refractivity contribution in [3.05, 3.63) is 63.4 Å². The second-order valence-electron chi connectivity index (χ2n) is 9.86. The van der Waals surface area contributed by atoms with E-state index >= 15 is 0 Å². The second-order valence-corrected chi connectivity index (χ2v) is 12.6. The monoisotopic (exact) mass is 573 g/mol. The molecule has 2 aromatic rings. The molecule has 1 unspecified atom stereocenters. The lowest BCUT2D eigenvalue weighted by molar-refractivity contribution is -0.136. The molecule has 0 saturated carbocycles. The van der Waals surface area contributed by atoms with Gasteiger partial charge in [0.2, 0.25) is 15.9 Å². The highest BCUT2D eigenvalue weighted by molar-refractivity contribution is 7.88. The molecule has 0 bridgehead atoms. The predicted molar refractivity (Wildman–Crippen MR) is 145 cm³/mol. The van der Waals surface area contributed by atoms with Gasteiger partial charge in [-0.25, -0.2) is 12.8 Å². The van der Waals surface area contributed by atoms with E-state index in [1.165, 1.54) is 23.7 Å². The molecule has 3 rings (SSSR count). The van der Waals surface area contributed by atoms with Gasteiger partial charge in [-0.3, -0.25) is 4.79 Å². The lowest BCUT2D eigenvalue weighted by Gasteiger charge is -2.40. The van der Waals surface area contributed by atoms with Gasteiger partial charge >= 0.3 is 0 Å². The number of sulfonamides is 1. The van der Waals surface area contributed by atoms with Crippen molar-refractivity contribution in [1.29, 1.82) is 0 Å². The Kier molecular flexibility index (Phi) is 9.51. The smallest absolute Gasteiger partial charge is 0.233 e. The van der Waals surface area contributed by atoms with Gasteiger partial charge < -0.3 is 14.5 Å². The summed E-state index contributed by atoms with van der Waals surface area (Å²) in [5.41, 5.74) is 0.407. The zero-order chi connectivity index (χ0) is 27.5. The Morgan fingerprint density at radius 3 is 2.46 bits per heavy atom. The van der Waals surface area contributed by atoms with Gasteiger partial charge in [0, 0.05) is 39.3 Å². The van der Waals surface area contributed by atoms with E-state index in [1.54, 1.807) is 42.3 Å². The predicted octanol–water partition coefficient (Wildman–Crippen LogP) is 4.41. The fourth-order valence-electron chi connectivity index (χ4n) is 4.88. The fourth-order valence-corrected chi connectivity index (χ4v) is 6.31. The number of carbonyl (C=O) groups is 1. The molecule has 0 aliphatic carbocycles. The maximum atomic E-state index is 14.2. The van der Waals surface area contributed by atoms with Crippen LogP contribution in [0.2, 0.25) is 10.0 Å². The van der Waals surface area contributed by atoms with E-state index in [2.05, 4.69) is 4.90 Å².